The normalized spacial score (nSPS) is 15.6. The summed E-state index contributed by atoms with van der Waals surface area (Å²) in [5.74, 6) is 0.112. The first-order valence-electron chi connectivity index (χ1n) is 8.50. The molecule has 0 radical (unpaired) electrons. The van der Waals surface area contributed by atoms with Gasteiger partial charge in [-0.25, -0.2) is 9.38 Å². The fourth-order valence-corrected chi connectivity index (χ4v) is 1.96. The number of nitrogens with zero attached hydrogens (tertiary/aromatic N) is 1. The van der Waals surface area contributed by atoms with Crippen molar-refractivity contribution < 1.29 is 13.9 Å². The van der Waals surface area contributed by atoms with Gasteiger partial charge in [0.15, 0.2) is 0 Å². The van der Waals surface area contributed by atoms with Gasteiger partial charge in [0.1, 0.15) is 22.7 Å². The molecule has 0 aliphatic heterocycles. The number of aliphatic imine (C=N–C) groups is 1. The number of nitrogens with two attached hydrogens (primary N) is 1. The minimum absolute atomic E-state index is 0.0493. The summed E-state index contributed by atoms with van der Waals surface area (Å²) in [7, 11) is 2.04. The zero-order chi connectivity index (χ0) is 20.3. The maximum Gasteiger partial charge on any atom is 0.254 e. The molecule has 0 heterocycles. The number of hydrogen-bond acceptors (Lipinski definition) is 3. The van der Waals surface area contributed by atoms with E-state index < -0.39 is 11.3 Å². The Morgan fingerprint density at radius 3 is 2.42 bits per heavy atom. The molecule has 2 atom stereocenters. The lowest BCUT2D eigenvalue weighted by molar-refractivity contribution is -0.117. The molecule has 2 unspecified atom stereocenters. The Balaban J connectivity index is 5.74. The van der Waals surface area contributed by atoms with Crippen molar-refractivity contribution in [3.63, 3.8) is 0 Å². The van der Waals surface area contributed by atoms with Crippen LogP contribution in [-0.4, -0.2) is 23.7 Å². The predicted molar refractivity (Wildman–Crippen MR) is 110 cm³/mol. The highest BCUT2D eigenvalue weighted by atomic mass is 31.0. The van der Waals surface area contributed by atoms with Crippen molar-refractivity contribution in [1.29, 1.82) is 0 Å². The minimum atomic E-state index is -1.59. The van der Waals surface area contributed by atoms with Gasteiger partial charge in [0.2, 0.25) is 0 Å². The molecule has 1 amide bonds. The summed E-state index contributed by atoms with van der Waals surface area (Å²) in [5, 5.41) is 0.937. The molecule has 7 heteroatoms. The van der Waals surface area contributed by atoms with Crippen molar-refractivity contribution in [3.05, 3.63) is 47.1 Å². The van der Waals surface area contributed by atoms with E-state index in [4.69, 9.17) is 10.5 Å². The number of carbonyl (C=O) groups excluding carboxylic acids is 1. The number of ether oxygens (including phenoxy) is 1. The van der Waals surface area contributed by atoms with Crippen molar-refractivity contribution in [2.75, 3.05) is 6.54 Å². The van der Waals surface area contributed by atoms with Crippen molar-refractivity contribution in [3.8, 4) is 0 Å². The maximum absolute atomic E-state index is 13.6. The zero-order valence-electron chi connectivity index (χ0n) is 16.5. The predicted octanol–water partition coefficient (Wildman–Crippen LogP) is 4.10. The molecule has 0 spiro atoms. The summed E-state index contributed by atoms with van der Waals surface area (Å²) in [6.45, 7) is 10.5. The van der Waals surface area contributed by atoms with E-state index >= 15 is 0 Å². The fourth-order valence-electron chi connectivity index (χ4n) is 1.86. The SMILES string of the molecule is C/C=C\O/C(=C\C)C(N=C(N)/C(=C/CC)C(=O)NCC(C)(F)P)=C(C)C. The molecule has 0 saturated heterocycles. The summed E-state index contributed by atoms with van der Waals surface area (Å²) in [4.78, 5) is 16.8. The van der Waals surface area contributed by atoms with Crippen molar-refractivity contribution in [2.45, 2.75) is 53.4 Å². The third-order valence-corrected chi connectivity index (χ3v) is 3.26. The Bertz CT molecular complexity index is 638. The molecule has 0 rings (SSSR count). The fraction of sp³-hybridized carbons (Fsp3) is 0.474. The number of nitrogens with one attached hydrogen (secondary N) is 1. The van der Waals surface area contributed by atoms with Crippen molar-refractivity contribution in [1.82, 2.24) is 5.32 Å². The van der Waals surface area contributed by atoms with Crippen LogP contribution in [0.4, 0.5) is 4.39 Å². The van der Waals surface area contributed by atoms with Crippen LogP contribution in [0, 0.1) is 0 Å². The van der Waals surface area contributed by atoms with Gasteiger partial charge in [-0.3, -0.25) is 4.79 Å². The number of halogens is 1. The van der Waals surface area contributed by atoms with Crippen LogP contribution in [0.1, 0.15) is 48.0 Å². The van der Waals surface area contributed by atoms with E-state index in [0.29, 0.717) is 17.9 Å². The molecule has 0 aliphatic carbocycles. The molecule has 0 bridgehead atoms. The van der Waals surface area contributed by atoms with Gasteiger partial charge in [-0.15, -0.1) is 0 Å². The molecule has 0 aliphatic rings. The van der Waals surface area contributed by atoms with E-state index in [-0.39, 0.29) is 18.0 Å². The molecular weight excluding hydrogens is 352 g/mol. The Morgan fingerprint density at radius 1 is 1.38 bits per heavy atom. The van der Waals surface area contributed by atoms with Crippen LogP contribution in [0.25, 0.3) is 0 Å². The minimum Gasteiger partial charge on any atom is -0.463 e. The maximum atomic E-state index is 13.6. The van der Waals surface area contributed by atoms with Crippen LogP contribution in [0.15, 0.2) is 52.1 Å². The van der Waals surface area contributed by atoms with Gasteiger partial charge >= 0.3 is 0 Å². The summed E-state index contributed by atoms with van der Waals surface area (Å²) < 4.78 is 19.2. The van der Waals surface area contributed by atoms with Crippen molar-refractivity contribution in [2.24, 2.45) is 10.7 Å². The molecule has 0 aromatic carbocycles. The first-order valence-corrected chi connectivity index (χ1v) is 9.07. The van der Waals surface area contributed by atoms with Gasteiger partial charge in [0.25, 0.3) is 5.91 Å². The van der Waals surface area contributed by atoms with Crippen LogP contribution in [0.3, 0.4) is 0 Å². The highest BCUT2D eigenvalue weighted by Crippen LogP contribution is 2.20. The Kier molecular flexibility index (Phi) is 10.8. The molecule has 146 valence electrons. The van der Waals surface area contributed by atoms with Crippen LogP contribution in [0.5, 0.6) is 0 Å². The smallest absolute Gasteiger partial charge is 0.254 e. The lowest BCUT2D eigenvalue weighted by atomic mass is 10.1. The molecule has 5 nitrogen and oxygen atoms in total. The standard InChI is InChI=1S/C19H31FN3O2P/c1-7-10-14(18(24)22-12-19(6,20)26)17(21)23-16(13(4)5)15(9-3)25-11-8-2/h8-11H,7,12,26H2,1-6H3,(H2,21,23)(H,22,24)/b11-8-,14-10-,15-9-. The first kappa shape index (κ1) is 24.1. The second-order valence-electron chi connectivity index (χ2n) is 6.07. The third kappa shape index (κ3) is 8.95. The Morgan fingerprint density at radius 2 is 2.00 bits per heavy atom. The second kappa shape index (κ2) is 11.6. The largest absolute Gasteiger partial charge is 0.463 e. The van der Waals surface area contributed by atoms with E-state index in [1.165, 1.54) is 6.92 Å². The first-order chi connectivity index (χ1) is 12.1. The average molecular weight is 383 g/mol. The highest BCUT2D eigenvalue weighted by molar-refractivity contribution is 7.18. The third-order valence-electron chi connectivity index (χ3n) is 3.06. The van der Waals surface area contributed by atoms with E-state index in [9.17, 15) is 9.18 Å². The molecule has 26 heavy (non-hydrogen) atoms. The number of carbonyl (C=O) groups is 1. The van der Waals surface area contributed by atoms with Gasteiger partial charge < -0.3 is 15.8 Å². The number of allylic oxidation sites excluding steroid dienone is 4. The molecule has 0 aromatic heterocycles. The molecule has 3 N–H and O–H groups in total. The molecule has 0 fully saturated rings. The molecule has 0 aromatic rings. The monoisotopic (exact) mass is 383 g/mol. The Labute approximate surface area is 158 Å². The van der Waals surface area contributed by atoms with Gasteiger partial charge in [-0.05, 0) is 52.7 Å². The van der Waals surface area contributed by atoms with Gasteiger partial charge in [-0.2, -0.15) is 0 Å². The van der Waals surface area contributed by atoms with E-state index in [1.807, 2.05) is 43.9 Å². The number of amides is 1. The van der Waals surface area contributed by atoms with Gasteiger partial charge in [0, 0.05) is 0 Å². The van der Waals surface area contributed by atoms with Crippen molar-refractivity contribution >= 4 is 21.0 Å². The summed E-state index contributed by atoms with van der Waals surface area (Å²) >= 11 is 0. The van der Waals surface area contributed by atoms with E-state index in [2.05, 4.69) is 10.3 Å². The number of alkyl halides is 1. The topological polar surface area (TPSA) is 76.7 Å². The van der Waals surface area contributed by atoms with E-state index in [0.717, 1.165) is 5.57 Å². The zero-order valence-corrected chi connectivity index (χ0v) is 17.7. The second-order valence-corrected chi connectivity index (χ2v) is 7.28. The van der Waals surface area contributed by atoms with Crippen LogP contribution in [0.2, 0.25) is 0 Å². The van der Waals surface area contributed by atoms with Gasteiger partial charge in [0.05, 0.1) is 18.4 Å². The number of hydrogen-bond donors (Lipinski definition) is 2. The highest BCUT2D eigenvalue weighted by Gasteiger charge is 2.20. The lowest BCUT2D eigenvalue weighted by Gasteiger charge is -2.16. The quantitative estimate of drug-likeness (QED) is 0.157. The molecular formula is C19H31FN3O2P. The average Bonchev–Trinajstić information content (AvgIpc) is 2.55. The van der Waals surface area contributed by atoms with Crippen LogP contribution < -0.4 is 11.1 Å². The summed E-state index contributed by atoms with van der Waals surface area (Å²) in [5.41, 5.74) is 7.72. The van der Waals surface area contributed by atoms with Crippen LogP contribution in [-0.2, 0) is 9.53 Å². The van der Waals surface area contributed by atoms with E-state index in [1.54, 1.807) is 24.5 Å². The summed E-state index contributed by atoms with van der Waals surface area (Å²) in [6.07, 6.45) is 7.32. The van der Waals surface area contributed by atoms with Crippen LogP contribution >= 0.6 is 9.24 Å². The number of amidine groups is 1. The van der Waals surface area contributed by atoms with Gasteiger partial charge in [-0.1, -0.05) is 28.3 Å². The Hall–Kier alpha value is -1.94. The summed E-state index contributed by atoms with van der Waals surface area (Å²) in [6, 6.07) is 0. The molecule has 0 saturated carbocycles. The lowest BCUT2D eigenvalue weighted by Crippen LogP contribution is -2.37. The number of rotatable bonds is 9.